The fourth-order valence-electron chi connectivity index (χ4n) is 2.20. The van der Waals surface area contributed by atoms with Crippen molar-refractivity contribution in [1.82, 2.24) is 10.7 Å². The summed E-state index contributed by atoms with van der Waals surface area (Å²) in [5.74, 6) is -0.281. The van der Waals surface area contributed by atoms with E-state index in [0.717, 1.165) is 0 Å². The maximum atomic E-state index is 12.1. The van der Waals surface area contributed by atoms with Gasteiger partial charge in [-0.2, -0.15) is 5.10 Å². The standard InChI is InChI=1S/C19H19Br2N3O4/c1-2-28-16-10-12(9-15(21)18(16)26)11-23-24-17(25)7-8-22-19(27)13-5-3-4-6-14(13)20/h3-6,9-11,26H,2,7-8H2,1H3,(H,22,27)(H,24,25). The van der Waals surface area contributed by atoms with Crippen LogP contribution in [0.25, 0.3) is 0 Å². The van der Waals surface area contributed by atoms with E-state index in [0.29, 0.717) is 32.4 Å². The summed E-state index contributed by atoms with van der Waals surface area (Å²) in [6.45, 7) is 2.40. The van der Waals surface area contributed by atoms with Crippen LogP contribution in [0.2, 0.25) is 0 Å². The molecule has 2 aromatic rings. The Kier molecular flexibility index (Phi) is 8.46. The van der Waals surface area contributed by atoms with Crippen LogP contribution in [0.1, 0.15) is 29.3 Å². The molecular weight excluding hydrogens is 494 g/mol. The van der Waals surface area contributed by atoms with Gasteiger partial charge in [0.2, 0.25) is 5.91 Å². The summed E-state index contributed by atoms with van der Waals surface area (Å²) >= 11 is 6.55. The van der Waals surface area contributed by atoms with Crippen LogP contribution >= 0.6 is 31.9 Å². The van der Waals surface area contributed by atoms with Crippen LogP contribution in [0.4, 0.5) is 0 Å². The lowest BCUT2D eigenvalue weighted by molar-refractivity contribution is -0.120. The number of ether oxygens (including phenoxy) is 1. The predicted octanol–water partition coefficient (Wildman–Crippen LogP) is 3.59. The number of rotatable bonds is 8. The summed E-state index contributed by atoms with van der Waals surface area (Å²) in [4.78, 5) is 23.9. The van der Waals surface area contributed by atoms with E-state index in [-0.39, 0.29) is 30.5 Å². The Morgan fingerprint density at radius 1 is 1.21 bits per heavy atom. The van der Waals surface area contributed by atoms with E-state index >= 15 is 0 Å². The molecule has 0 aliphatic carbocycles. The summed E-state index contributed by atoms with van der Waals surface area (Å²) in [6, 6.07) is 10.3. The SMILES string of the molecule is CCOc1cc(C=NNC(=O)CCNC(=O)c2ccccc2Br)cc(Br)c1O. The number of halogens is 2. The molecule has 9 heteroatoms. The smallest absolute Gasteiger partial charge is 0.252 e. The van der Waals surface area contributed by atoms with Crippen molar-refractivity contribution >= 4 is 49.9 Å². The summed E-state index contributed by atoms with van der Waals surface area (Å²) in [5, 5.41) is 16.4. The Labute approximate surface area is 179 Å². The van der Waals surface area contributed by atoms with E-state index in [9.17, 15) is 14.7 Å². The predicted molar refractivity (Wildman–Crippen MR) is 114 cm³/mol. The Morgan fingerprint density at radius 2 is 1.96 bits per heavy atom. The van der Waals surface area contributed by atoms with Crippen LogP contribution in [-0.4, -0.2) is 36.3 Å². The van der Waals surface area contributed by atoms with E-state index < -0.39 is 0 Å². The Hall–Kier alpha value is -2.39. The minimum absolute atomic E-state index is 0.00355. The van der Waals surface area contributed by atoms with Crippen molar-refractivity contribution < 1.29 is 19.4 Å². The number of hydrogen-bond donors (Lipinski definition) is 3. The van der Waals surface area contributed by atoms with Gasteiger partial charge in [-0.25, -0.2) is 5.43 Å². The van der Waals surface area contributed by atoms with E-state index in [2.05, 4.69) is 47.7 Å². The van der Waals surface area contributed by atoms with E-state index in [1.54, 1.807) is 30.3 Å². The molecule has 2 rings (SSSR count). The van der Waals surface area contributed by atoms with Crippen molar-refractivity contribution in [3.63, 3.8) is 0 Å². The number of phenolic OH excluding ortho intramolecular Hbond substituents is 1. The molecule has 148 valence electrons. The Balaban J connectivity index is 1.82. The molecule has 3 N–H and O–H groups in total. The van der Waals surface area contributed by atoms with Gasteiger partial charge in [0, 0.05) is 17.4 Å². The second-order valence-corrected chi connectivity index (χ2v) is 7.27. The van der Waals surface area contributed by atoms with Gasteiger partial charge in [0.15, 0.2) is 11.5 Å². The molecule has 0 aliphatic heterocycles. The fourth-order valence-corrected chi connectivity index (χ4v) is 3.12. The molecule has 0 aliphatic rings. The number of hydrazone groups is 1. The normalized spacial score (nSPS) is 10.7. The molecular formula is C19H19Br2N3O4. The lowest BCUT2D eigenvalue weighted by atomic mass is 10.2. The highest BCUT2D eigenvalue weighted by molar-refractivity contribution is 9.10. The molecule has 0 atom stereocenters. The quantitative estimate of drug-likeness (QED) is 0.371. The molecule has 0 saturated heterocycles. The highest BCUT2D eigenvalue weighted by Gasteiger charge is 2.10. The zero-order valence-corrected chi connectivity index (χ0v) is 18.2. The average Bonchev–Trinajstić information content (AvgIpc) is 2.66. The van der Waals surface area contributed by atoms with Gasteiger partial charge in [0.05, 0.1) is 22.9 Å². The van der Waals surface area contributed by atoms with Crippen molar-refractivity contribution in [2.24, 2.45) is 5.10 Å². The molecule has 2 aromatic carbocycles. The van der Waals surface area contributed by atoms with Crippen LogP contribution in [0.15, 0.2) is 50.4 Å². The molecule has 0 fully saturated rings. The van der Waals surface area contributed by atoms with E-state index in [4.69, 9.17) is 4.74 Å². The van der Waals surface area contributed by atoms with Gasteiger partial charge in [-0.15, -0.1) is 0 Å². The number of hydrogen-bond acceptors (Lipinski definition) is 5. The second-order valence-electron chi connectivity index (χ2n) is 5.56. The van der Waals surface area contributed by atoms with Gasteiger partial charge in [0.1, 0.15) is 0 Å². The van der Waals surface area contributed by atoms with Gasteiger partial charge in [0.25, 0.3) is 5.91 Å². The molecule has 0 heterocycles. The maximum Gasteiger partial charge on any atom is 0.252 e. The summed E-state index contributed by atoms with van der Waals surface area (Å²) < 4.78 is 6.48. The van der Waals surface area contributed by atoms with Crippen LogP contribution in [-0.2, 0) is 4.79 Å². The Morgan fingerprint density at radius 3 is 2.68 bits per heavy atom. The van der Waals surface area contributed by atoms with Crippen LogP contribution in [0.5, 0.6) is 11.5 Å². The number of amides is 2. The zero-order chi connectivity index (χ0) is 20.5. The lowest BCUT2D eigenvalue weighted by Crippen LogP contribution is -2.29. The number of nitrogens with zero attached hydrogens (tertiary/aromatic N) is 1. The highest BCUT2D eigenvalue weighted by atomic mass is 79.9. The first-order chi connectivity index (χ1) is 13.4. The number of nitrogens with one attached hydrogen (secondary N) is 2. The molecule has 28 heavy (non-hydrogen) atoms. The lowest BCUT2D eigenvalue weighted by Gasteiger charge is -2.08. The van der Waals surface area contributed by atoms with Crippen molar-refractivity contribution in [2.75, 3.05) is 13.2 Å². The first kappa shape index (κ1) is 21.9. The Bertz CT molecular complexity index is 887. The van der Waals surface area contributed by atoms with Crippen LogP contribution < -0.4 is 15.5 Å². The first-order valence-electron chi connectivity index (χ1n) is 8.42. The molecule has 0 spiro atoms. The third kappa shape index (κ3) is 6.35. The monoisotopic (exact) mass is 511 g/mol. The van der Waals surface area contributed by atoms with Crippen LogP contribution in [0.3, 0.4) is 0 Å². The van der Waals surface area contributed by atoms with Gasteiger partial charge in [-0.3, -0.25) is 9.59 Å². The van der Waals surface area contributed by atoms with E-state index in [1.807, 2.05) is 13.0 Å². The van der Waals surface area contributed by atoms with E-state index in [1.165, 1.54) is 6.21 Å². The topological polar surface area (TPSA) is 100 Å². The van der Waals surface area contributed by atoms with Crippen molar-refractivity contribution in [3.8, 4) is 11.5 Å². The summed E-state index contributed by atoms with van der Waals surface area (Å²) in [7, 11) is 0. The minimum Gasteiger partial charge on any atom is -0.503 e. The molecule has 0 aromatic heterocycles. The molecule has 0 radical (unpaired) electrons. The molecule has 7 nitrogen and oxygen atoms in total. The minimum atomic E-state index is -0.341. The largest absolute Gasteiger partial charge is 0.503 e. The molecule has 0 saturated carbocycles. The van der Waals surface area contributed by atoms with Crippen molar-refractivity contribution in [3.05, 3.63) is 56.5 Å². The average molecular weight is 513 g/mol. The number of benzene rings is 2. The number of carbonyl (C=O) groups excluding carboxylic acids is 2. The van der Waals surface area contributed by atoms with Gasteiger partial charge in [-0.05, 0) is 68.6 Å². The van der Waals surface area contributed by atoms with Gasteiger partial charge < -0.3 is 15.2 Å². The maximum absolute atomic E-state index is 12.1. The molecule has 2 amide bonds. The van der Waals surface area contributed by atoms with Crippen molar-refractivity contribution in [2.45, 2.75) is 13.3 Å². The highest BCUT2D eigenvalue weighted by Crippen LogP contribution is 2.35. The summed E-state index contributed by atoms with van der Waals surface area (Å²) in [6.07, 6.45) is 1.52. The molecule has 0 unspecified atom stereocenters. The third-order valence-corrected chi connectivity index (χ3v) is 4.81. The number of aromatic hydroxyl groups is 1. The van der Waals surface area contributed by atoms with Crippen LogP contribution in [0, 0.1) is 0 Å². The zero-order valence-electron chi connectivity index (χ0n) is 15.0. The number of carbonyl (C=O) groups is 2. The first-order valence-corrected chi connectivity index (χ1v) is 10.0. The summed E-state index contributed by atoms with van der Waals surface area (Å²) in [5.41, 5.74) is 3.53. The van der Waals surface area contributed by atoms with Crippen molar-refractivity contribution in [1.29, 1.82) is 0 Å². The fraction of sp³-hybridized carbons (Fsp3) is 0.211. The second kappa shape index (κ2) is 10.8. The third-order valence-electron chi connectivity index (χ3n) is 3.51. The van der Waals surface area contributed by atoms with Gasteiger partial charge in [-0.1, -0.05) is 12.1 Å². The van der Waals surface area contributed by atoms with Gasteiger partial charge >= 0.3 is 0 Å². The molecule has 0 bridgehead atoms. The number of phenols is 1.